The third-order valence-electron chi connectivity index (χ3n) is 2.92. The quantitative estimate of drug-likeness (QED) is 0.658. The van der Waals surface area contributed by atoms with Crippen molar-refractivity contribution in [3.8, 4) is 0 Å². The molecule has 0 aromatic heterocycles. The molecule has 1 atom stereocenters. The number of nitrogens with zero attached hydrogens (tertiary/aromatic N) is 1. The first-order valence-electron chi connectivity index (χ1n) is 6.72. The Morgan fingerprint density at radius 1 is 1.33 bits per heavy atom. The van der Waals surface area contributed by atoms with Crippen LogP contribution in [0.3, 0.4) is 0 Å². The summed E-state index contributed by atoms with van der Waals surface area (Å²) in [4.78, 5) is 4.44. The van der Waals surface area contributed by atoms with Gasteiger partial charge in [0.15, 0.2) is 0 Å². The molecule has 1 heterocycles. The predicted molar refractivity (Wildman–Crippen MR) is 65.3 cm³/mol. The molecule has 0 N–H and O–H groups in total. The van der Waals surface area contributed by atoms with Crippen LogP contribution in [0.5, 0.6) is 0 Å². The summed E-state index contributed by atoms with van der Waals surface area (Å²) >= 11 is 0. The van der Waals surface area contributed by atoms with Gasteiger partial charge in [-0.05, 0) is 31.7 Å². The summed E-state index contributed by atoms with van der Waals surface area (Å²) in [6.45, 7) is 2.23. The third-order valence-corrected chi connectivity index (χ3v) is 2.92. The van der Waals surface area contributed by atoms with Crippen LogP contribution in [0.2, 0.25) is 0 Å². The monoisotopic (exact) mass is 202 g/mol. The van der Waals surface area contributed by atoms with E-state index in [1.807, 2.05) is 18.3 Å². The highest BCUT2D eigenvalue weighted by Gasteiger charge is 2.14. The SMILES string of the molecule is [2H]C([2H])([2H])c1ccc(C2=NC=C(C)C(C)C2)cc1. The molecule has 0 bridgehead atoms. The lowest BCUT2D eigenvalue weighted by Gasteiger charge is -2.18. The van der Waals surface area contributed by atoms with Crippen LogP contribution in [-0.2, 0) is 0 Å². The van der Waals surface area contributed by atoms with E-state index in [9.17, 15) is 0 Å². The van der Waals surface area contributed by atoms with Crippen LogP contribution in [0.25, 0.3) is 0 Å². The van der Waals surface area contributed by atoms with Crippen molar-refractivity contribution in [3.05, 3.63) is 47.2 Å². The Labute approximate surface area is 95.8 Å². The van der Waals surface area contributed by atoms with Gasteiger partial charge >= 0.3 is 0 Å². The number of aryl methyl sites for hydroxylation is 1. The molecular formula is C14H17N. The van der Waals surface area contributed by atoms with E-state index >= 15 is 0 Å². The molecule has 1 aliphatic rings. The first-order chi connectivity index (χ1) is 8.38. The van der Waals surface area contributed by atoms with Gasteiger partial charge < -0.3 is 0 Å². The Bertz CT molecular complexity index is 495. The van der Waals surface area contributed by atoms with Gasteiger partial charge in [0, 0.05) is 16.0 Å². The Morgan fingerprint density at radius 2 is 2.07 bits per heavy atom. The van der Waals surface area contributed by atoms with Crippen LogP contribution in [0.4, 0.5) is 0 Å². The fourth-order valence-corrected chi connectivity index (χ4v) is 1.67. The zero-order valence-corrected chi connectivity index (χ0v) is 9.12. The van der Waals surface area contributed by atoms with Crippen LogP contribution < -0.4 is 0 Å². The lowest BCUT2D eigenvalue weighted by atomic mass is 9.91. The molecule has 78 valence electrons. The second kappa shape index (κ2) is 4.01. The van der Waals surface area contributed by atoms with Gasteiger partial charge in [0.2, 0.25) is 0 Å². The Morgan fingerprint density at radius 3 is 2.67 bits per heavy atom. The molecule has 0 radical (unpaired) electrons. The molecule has 0 amide bonds. The van der Waals surface area contributed by atoms with Crippen molar-refractivity contribution in [2.24, 2.45) is 10.9 Å². The number of aliphatic imine (C=N–C) groups is 1. The summed E-state index contributed by atoms with van der Waals surface area (Å²) in [6, 6.07) is 7.03. The largest absolute Gasteiger partial charge is 0.261 e. The fraction of sp³-hybridized carbons (Fsp3) is 0.357. The second-order valence-electron chi connectivity index (χ2n) is 4.13. The molecular weight excluding hydrogens is 182 g/mol. The fourth-order valence-electron chi connectivity index (χ4n) is 1.67. The van der Waals surface area contributed by atoms with E-state index in [4.69, 9.17) is 4.11 Å². The molecule has 0 aliphatic carbocycles. The van der Waals surface area contributed by atoms with Crippen LogP contribution in [-0.4, -0.2) is 5.71 Å². The summed E-state index contributed by atoms with van der Waals surface area (Å²) in [5.41, 5.74) is 3.71. The Balaban J connectivity index is 2.26. The topological polar surface area (TPSA) is 12.4 Å². The number of allylic oxidation sites excluding steroid dienone is 1. The van der Waals surface area contributed by atoms with Crippen LogP contribution in [0.15, 0.2) is 41.0 Å². The minimum absolute atomic E-state index is 0.377. The number of benzene rings is 1. The highest BCUT2D eigenvalue weighted by molar-refractivity contribution is 6.01. The van der Waals surface area contributed by atoms with Crippen molar-refractivity contribution in [3.63, 3.8) is 0 Å². The highest BCUT2D eigenvalue weighted by Crippen LogP contribution is 2.22. The summed E-state index contributed by atoms with van der Waals surface area (Å²) < 4.78 is 22.0. The lowest BCUT2D eigenvalue weighted by Crippen LogP contribution is -2.11. The highest BCUT2D eigenvalue weighted by atomic mass is 14.7. The molecule has 0 saturated carbocycles. The van der Waals surface area contributed by atoms with E-state index in [1.54, 1.807) is 12.1 Å². The third kappa shape index (κ3) is 2.17. The van der Waals surface area contributed by atoms with Crippen molar-refractivity contribution >= 4 is 5.71 Å². The summed E-state index contributed by atoms with van der Waals surface area (Å²) in [5, 5.41) is 0. The van der Waals surface area contributed by atoms with Gasteiger partial charge in [0.25, 0.3) is 0 Å². The zero-order valence-electron chi connectivity index (χ0n) is 12.1. The van der Waals surface area contributed by atoms with Gasteiger partial charge in [-0.15, -0.1) is 0 Å². The van der Waals surface area contributed by atoms with E-state index < -0.39 is 6.85 Å². The van der Waals surface area contributed by atoms with Crippen molar-refractivity contribution in [2.75, 3.05) is 0 Å². The van der Waals surface area contributed by atoms with Gasteiger partial charge in [0.1, 0.15) is 0 Å². The molecule has 0 saturated heterocycles. The summed E-state index contributed by atoms with van der Waals surface area (Å²) in [7, 11) is 0. The van der Waals surface area contributed by atoms with Crippen molar-refractivity contribution in [1.29, 1.82) is 0 Å². The van der Waals surface area contributed by atoms with Crippen LogP contribution in [0, 0.1) is 12.8 Å². The van der Waals surface area contributed by atoms with Crippen LogP contribution >= 0.6 is 0 Å². The molecule has 1 heteroatoms. The van der Waals surface area contributed by atoms with Gasteiger partial charge in [-0.25, -0.2) is 0 Å². The smallest absolute Gasteiger partial charge is 0.0481 e. The van der Waals surface area contributed by atoms with E-state index in [-0.39, 0.29) is 0 Å². The van der Waals surface area contributed by atoms with Gasteiger partial charge in [0.05, 0.1) is 0 Å². The van der Waals surface area contributed by atoms with E-state index in [0.717, 1.165) is 17.7 Å². The molecule has 2 rings (SSSR count). The number of rotatable bonds is 1. The number of hydrogen-bond acceptors (Lipinski definition) is 1. The van der Waals surface area contributed by atoms with Gasteiger partial charge in [-0.1, -0.05) is 42.3 Å². The maximum absolute atomic E-state index is 7.34. The normalized spacial score (nSPS) is 24.7. The molecule has 15 heavy (non-hydrogen) atoms. The van der Waals surface area contributed by atoms with Gasteiger partial charge in [-0.2, -0.15) is 0 Å². The molecule has 1 unspecified atom stereocenters. The zero-order chi connectivity index (χ0) is 13.3. The average molecular weight is 202 g/mol. The molecule has 1 aromatic carbocycles. The maximum Gasteiger partial charge on any atom is 0.0481 e. The maximum atomic E-state index is 7.34. The molecule has 0 fully saturated rings. The van der Waals surface area contributed by atoms with Crippen LogP contribution in [0.1, 0.15) is 35.5 Å². The second-order valence-corrected chi connectivity index (χ2v) is 4.13. The molecule has 1 aliphatic heterocycles. The predicted octanol–water partition coefficient (Wildman–Crippen LogP) is 3.73. The van der Waals surface area contributed by atoms with Crippen molar-refractivity contribution in [1.82, 2.24) is 0 Å². The Hall–Kier alpha value is -1.37. The number of hydrogen-bond donors (Lipinski definition) is 0. The van der Waals surface area contributed by atoms with E-state index in [0.29, 0.717) is 11.5 Å². The minimum atomic E-state index is -2.03. The molecule has 1 nitrogen and oxygen atoms in total. The first-order valence-corrected chi connectivity index (χ1v) is 5.22. The van der Waals surface area contributed by atoms with Crippen molar-refractivity contribution < 1.29 is 4.11 Å². The average Bonchev–Trinajstić information content (AvgIpc) is 2.32. The molecule has 1 aromatic rings. The van der Waals surface area contributed by atoms with E-state index in [1.165, 1.54) is 5.57 Å². The van der Waals surface area contributed by atoms with Crippen molar-refractivity contribution in [2.45, 2.75) is 27.1 Å². The summed E-state index contributed by atoms with van der Waals surface area (Å²) in [6.07, 6.45) is 2.82. The molecule has 0 spiro atoms. The standard InChI is InChI=1S/C14H17N/c1-10-4-6-13(7-5-10)14-8-11(2)12(3)9-15-14/h4-7,9,11H,8H2,1-3H3/i1D3. The Kier molecular flexibility index (Phi) is 1.87. The summed E-state index contributed by atoms with van der Waals surface area (Å²) in [5.74, 6) is 0.500. The first kappa shape index (κ1) is 7.00. The lowest BCUT2D eigenvalue weighted by molar-refractivity contribution is 0.702. The minimum Gasteiger partial charge on any atom is -0.261 e. The van der Waals surface area contributed by atoms with E-state index in [2.05, 4.69) is 18.8 Å². The van der Waals surface area contributed by atoms with Gasteiger partial charge in [-0.3, -0.25) is 4.99 Å².